The molecule has 0 aliphatic heterocycles. The molecule has 0 radical (unpaired) electrons. The van der Waals surface area contributed by atoms with Gasteiger partial charge in [-0.1, -0.05) is 54.6 Å². The maximum absolute atomic E-state index is 2.83. The van der Waals surface area contributed by atoms with E-state index < -0.39 is 0 Å². The van der Waals surface area contributed by atoms with Gasteiger partial charge in [-0.15, -0.1) is 27.7 Å². The summed E-state index contributed by atoms with van der Waals surface area (Å²) in [5.74, 6) is 0. The zero-order valence-electron chi connectivity index (χ0n) is 14.8. The van der Waals surface area contributed by atoms with E-state index in [1.807, 2.05) is 0 Å². The van der Waals surface area contributed by atoms with Crippen LogP contribution in [0.1, 0.15) is 22.3 Å². The van der Waals surface area contributed by atoms with Gasteiger partial charge >= 0.3 is 0 Å². The Morgan fingerprint density at radius 1 is 0.640 bits per heavy atom. The van der Waals surface area contributed by atoms with Crippen molar-refractivity contribution in [1.82, 2.24) is 0 Å². The Kier molecular flexibility index (Phi) is 6.07. The minimum atomic E-state index is 0.989. The lowest BCUT2D eigenvalue weighted by Gasteiger charge is -2.12. The first kappa shape index (κ1) is 18.7. The third-order valence-corrected chi connectivity index (χ3v) is 6.26. The molecule has 0 aliphatic rings. The molecule has 0 bridgehead atoms. The lowest BCUT2D eigenvalue weighted by Crippen LogP contribution is -1.96. The van der Waals surface area contributed by atoms with Crippen LogP contribution in [0.25, 0.3) is 22.3 Å². The van der Waals surface area contributed by atoms with E-state index in [4.69, 9.17) is 0 Å². The Bertz CT molecular complexity index is 891. The second-order valence-corrected chi connectivity index (χ2v) is 7.99. The van der Waals surface area contributed by atoms with E-state index >= 15 is 0 Å². The van der Waals surface area contributed by atoms with Crippen LogP contribution in [0.3, 0.4) is 0 Å². The minimum Gasteiger partial charge on any atom is -0.133 e. The van der Waals surface area contributed by atoms with Gasteiger partial charge in [0.15, 0.2) is 0 Å². The number of benzene rings is 3. The lowest BCUT2D eigenvalue weighted by atomic mass is 9.94. The van der Waals surface area contributed by atoms with Gasteiger partial charge in [-0.2, -0.15) is 0 Å². The zero-order chi connectivity index (χ0) is 18.0. The van der Waals surface area contributed by atoms with E-state index in [9.17, 15) is 0 Å². The summed E-state index contributed by atoms with van der Waals surface area (Å²) in [6, 6.07) is 20.4. The zero-order valence-corrected chi connectivity index (χ0v) is 18.3. The number of rotatable bonds is 4. The van der Waals surface area contributed by atoms with Gasteiger partial charge in [0.1, 0.15) is 0 Å². The van der Waals surface area contributed by atoms with Gasteiger partial charge in [-0.25, -0.2) is 0 Å². The van der Waals surface area contributed by atoms with Crippen molar-refractivity contribution in [3.05, 3.63) is 76.9 Å². The molecule has 0 aliphatic carbocycles. The van der Waals surface area contributed by atoms with Crippen molar-refractivity contribution in [1.29, 1.82) is 0 Å². The van der Waals surface area contributed by atoms with Crippen molar-refractivity contribution in [3.63, 3.8) is 0 Å². The molecule has 0 spiro atoms. The minimum absolute atomic E-state index is 0.989. The van der Waals surface area contributed by atoms with Crippen LogP contribution in [-0.4, -0.2) is 0 Å². The molecule has 25 heavy (non-hydrogen) atoms. The molecule has 3 heteroatoms. The van der Waals surface area contributed by atoms with Gasteiger partial charge in [0, 0.05) is 0 Å². The van der Waals surface area contributed by atoms with E-state index in [1.54, 1.807) is 0 Å². The first-order chi connectivity index (χ1) is 12.0. The third-order valence-electron chi connectivity index (χ3n) is 4.66. The van der Waals surface area contributed by atoms with Crippen LogP contribution in [0.4, 0.5) is 0 Å². The van der Waals surface area contributed by atoms with E-state index in [0.29, 0.717) is 0 Å². The summed E-state index contributed by atoms with van der Waals surface area (Å²) in [6.45, 7) is 4.37. The van der Waals surface area contributed by atoms with Crippen LogP contribution in [0, 0.1) is 13.8 Å². The first-order valence-corrected chi connectivity index (χ1v) is 10.7. The highest BCUT2D eigenvalue weighted by Gasteiger charge is 2.07. The highest BCUT2D eigenvalue weighted by molar-refractivity contribution is 7.27. The van der Waals surface area contributed by atoms with E-state index in [2.05, 4.69) is 96.2 Å². The van der Waals surface area contributed by atoms with Gasteiger partial charge in [-0.3, -0.25) is 0 Å². The van der Waals surface area contributed by atoms with Crippen LogP contribution in [0.5, 0.6) is 0 Å². The smallest absolute Gasteiger partial charge is 0.0128 e. The van der Waals surface area contributed by atoms with Crippen molar-refractivity contribution in [2.24, 2.45) is 0 Å². The summed E-state index contributed by atoms with van der Waals surface area (Å²) < 4.78 is 0. The topological polar surface area (TPSA) is 0 Å². The summed E-state index contributed by atoms with van der Waals surface area (Å²) in [6.07, 6.45) is 1.98. The Balaban J connectivity index is 2.04. The second-order valence-electron chi connectivity index (χ2n) is 6.55. The summed E-state index contributed by atoms with van der Waals surface area (Å²) in [4.78, 5) is 0. The summed E-state index contributed by atoms with van der Waals surface area (Å²) >= 11 is 0. The molecule has 3 aromatic carbocycles. The Hall–Kier alpha value is -1.05. The molecule has 0 saturated carbocycles. The first-order valence-electron chi connectivity index (χ1n) is 8.52. The second kappa shape index (κ2) is 8.10. The van der Waals surface area contributed by atoms with E-state index in [-0.39, 0.29) is 0 Å². The molecule has 0 saturated heterocycles. The monoisotopic (exact) mass is 382 g/mol. The molecule has 3 aromatic rings. The Labute approximate surface area is 158 Å². The van der Waals surface area contributed by atoms with Crippen LogP contribution in [-0.2, 0) is 12.3 Å². The fourth-order valence-corrected chi connectivity index (χ4v) is 3.83. The molecule has 0 nitrogen and oxygen atoms in total. The van der Waals surface area contributed by atoms with Crippen molar-refractivity contribution in [2.75, 3.05) is 0 Å². The molecule has 0 N–H and O–H groups in total. The van der Waals surface area contributed by atoms with Crippen molar-refractivity contribution in [2.45, 2.75) is 26.2 Å². The molecule has 0 amide bonds. The molecule has 3 rings (SSSR count). The molecule has 3 unspecified atom stereocenters. The molecule has 0 aromatic heterocycles. The highest BCUT2D eigenvalue weighted by Crippen LogP contribution is 2.30. The fourth-order valence-electron chi connectivity index (χ4n) is 3.18. The van der Waals surface area contributed by atoms with Crippen LogP contribution in [0.2, 0.25) is 0 Å². The van der Waals surface area contributed by atoms with Crippen molar-refractivity contribution >= 4 is 33.0 Å². The van der Waals surface area contributed by atoms with Gasteiger partial charge in [0.2, 0.25) is 0 Å². The average molecular weight is 382 g/mol. The summed E-state index contributed by atoms with van der Waals surface area (Å²) in [5, 5.41) is 1.26. The predicted octanol–water partition coefficient (Wildman–Crippen LogP) is 5.89. The molecular formula is C22H25P3. The maximum Gasteiger partial charge on any atom is -0.0128 e. The standard InChI is InChI=1S/C22H25P3/c1-14-7-18(20-10-16(12-23)9-17(11-20)13-24)3-5-21(14)19-4-6-22(25)15(2)8-19/h3-11H,12-13,23-25H2,1-2H3. The molecule has 0 heterocycles. The summed E-state index contributed by atoms with van der Waals surface area (Å²) in [7, 11) is 8.45. The van der Waals surface area contributed by atoms with Crippen LogP contribution < -0.4 is 5.30 Å². The van der Waals surface area contributed by atoms with Crippen molar-refractivity contribution < 1.29 is 0 Å². The Morgan fingerprint density at radius 3 is 1.80 bits per heavy atom. The SMILES string of the molecule is Cc1cc(-c2ccc(-c3cc(CP)cc(CP)c3)cc2C)ccc1P. The predicted molar refractivity (Wildman–Crippen MR) is 123 cm³/mol. The number of aryl methyl sites for hydroxylation is 2. The fraction of sp³-hybridized carbons (Fsp3) is 0.182. The lowest BCUT2D eigenvalue weighted by molar-refractivity contribution is 1.33. The van der Waals surface area contributed by atoms with Gasteiger partial charge in [-0.05, 0) is 76.0 Å². The molecule has 0 fully saturated rings. The molecule has 128 valence electrons. The molecular weight excluding hydrogens is 357 g/mol. The average Bonchev–Trinajstić information content (AvgIpc) is 2.63. The van der Waals surface area contributed by atoms with Crippen LogP contribution in [0.15, 0.2) is 54.6 Å². The number of hydrogen-bond acceptors (Lipinski definition) is 0. The van der Waals surface area contributed by atoms with Gasteiger partial charge in [0.05, 0.1) is 0 Å². The highest BCUT2D eigenvalue weighted by atomic mass is 31.0. The normalized spacial score (nSPS) is 10.9. The van der Waals surface area contributed by atoms with Crippen LogP contribution >= 0.6 is 27.7 Å². The van der Waals surface area contributed by atoms with E-state index in [1.165, 1.54) is 49.8 Å². The third kappa shape index (κ3) is 4.20. The van der Waals surface area contributed by atoms with Gasteiger partial charge in [0.25, 0.3) is 0 Å². The van der Waals surface area contributed by atoms with Crippen molar-refractivity contribution in [3.8, 4) is 22.3 Å². The number of hydrogen-bond donors (Lipinski definition) is 0. The quantitative estimate of drug-likeness (QED) is 0.494. The molecule has 3 atom stereocenters. The summed E-state index contributed by atoms with van der Waals surface area (Å²) in [5.41, 5.74) is 10.6. The maximum atomic E-state index is 2.83. The van der Waals surface area contributed by atoms with Gasteiger partial charge < -0.3 is 0 Å². The Morgan fingerprint density at radius 2 is 1.24 bits per heavy atom. The largest absolute Gasteiger partial charge is 0.133 e. The van der Waals surface area contributed by atoms with E-state index in [0.717, 1.165) is 12.3 Å².